The van der Waals surface area contributed by atoms with Gasteiger partial charge in [-0.15, -0.1) is 4.72 Å². The van der Waals surface area contributed by atoms with E-state index in [1.807, 2.05) is 74.1 Å². The second kappa shape index (κ2) is 13.4. The SMILES string of the molecule is CCC[C@@](I)(N[S+]([O-])C(C)(C)C)c1cccc(-c2cc(OC)c3cnn(-c4cccc(CO[Si](C)(C)C(C)(C)C)n4)c3c2)n1. The number of halogens is 1. The lowest BCUT2D eigenvalue weighted by molar-refractivity contribution is 0.272. The van der Waals surface area contributed by atoms with Crippen LogP contribution >= 0.6 is 22.6 Å². The molecule has 1 unspecified atom stereocenters. The summed E-state index contributed by atoms with van der Waals surface area (Å²) in [6.07, 6.45) is 3.50. The van der Waals surface area contributed by atoms with Crippen molar-refractivity contribution in [2.75, 3.05) is 7.11 Å². The zero-order chi connectivity index (χ0) is 32.5. The van der Waals surface area contributed by atoms with Gasteiger partial charge in [-0.1, -0.05) is 46.2 Å². The maximum Gasteiger partial charge on any atom is 0.192 e. The Kier molecular flexibility index (Phi) is 10.6. The maximum atomic E-state index is 13.1. The fourth-order valence-electron chi connectivity index (χ4n) is 4.42. The highest BCUT2D eigenvalue weighted by Crippen LogP contribution is 2.39. The predicted octanol–water partition coefficient (Wildman–Crippen LogP) is 8.45. The monoisotopic (exact) mass is 747 g/mol. The largest absolute Gasteiger partial charge is 0.598 e. The highest BCUT2D eigenvalue weighted by atomic mass is 127. The molecule has 1 aromatic carbocycles. The third kappa shape index (κ3) is 7.67. The van der Waals surface area contributed by atoms with Crippen molar-refractivity contribution in [2.24, 2.45) is 0 Å². The summed E-state index contributed by atoms with van der Waals surface area (Å²) in [6, 6.07) is 16.0. The number of ether oxygens (including phenoxy) is 1. The van der Waals surface area contributed by atoms with Gasteiger partial charge in [0.05, 0.1) is 47.9 Å². The molecule has 0 bridgehead atoms. The Bertz CT molecular complexity index is 1600. The van der Waals surface area contributed by atoms with Crippen molar-refractivity contribution in [3.63, 3.8) is 0 Å². The van der Waals surface area contributed by atoms with Gasteiger partial charge in [0.2, 0.25) is 0 Å². The number of benzene rings is 1. The van der Waals surface area contributed by atoms with Gasteiger partial charge in [0.15, 0.2) is 17.7 Å². The standard InChI is InChI=1S/C33H46IN5O3SSi/c1-11-18-33(34,38-43(40)31(2,3)4)29-16-13-15-26(37-29)23-19-27-25(28(20-23)41-8)21-35-39(27)30-17-12-14-24(36-30)22-42-44(9,10)32(5,6)7/h12-17,19-21,38H,11,18,22H2,1-10H3/t33-,43?/m1/s1. The molecule has 3 heterocycles. The molecule has 0 spiro atoms. The van der Waals surface area contributed by atoms with Crippen LogP contribution in [0.15, 0.2) is 54.7 Å². The smallest absolute Gasteiger partial charge is 0.192 e. The van der Waals surface area contributed by atoms with Crippen LogP contribution in [0, 0.1) is 0 Å². The van der Waals surface area contributed by atoms with Crippen molar-refractivity contribution in [3.8, 4) is 22.8 Å². The number of aromatic nitrogens is 4. The van der Waals surface area contributed by atoms with E-state index in [1.54, 1.807) is 7.11 Å². The van der Waals surface area contributed by atoms with Crippen molar-refractivity contribution >= 4 is 53.2 Å². The lowest BCUT2D eigenvalue weighted by Crippen LogP contribution is -2.48. The molecule has 0 radical (unpaired) electrons. The number of fused-ring (bicyclic) bond motifs is 1. The Morgan fingerprint density at radius 1 is 1.02 bits per heavy atom. The highest BCUT2D eigenvalue weighted by Gasteiger charge is 2.39. The van der Waals surface area contributed by atoms with Crippen molar-refractivity contribution < 1.29 is 13.7 Å². The second-order valence-electron chi connectivity index (χ2n) is 13.6. The molecule has 4 rings (SSSR count). The van der Waals surface area contributed by atoms with Crippen molar-refractivity contribution in [1.82, 2.24) is 24.5 Å². The van der Waals surface area contributed by atoms with Crippen molar-refractivity contribution in [3.05, 3.63) is 66.1 Å². The summed E-state index contributed by atoms with van der Waals surface area (Å²) in [7, 11) is -0.256. The van der Waals surface area contributed by atoms with E-state index in [-0.39, 0.29) is 5.04 Å². The molecular formula is C33H46IN5O3SSi. The number of methoxy groups -OCH3 is 1. The minimum Gasteiger partial charge on any atom is -0.598 e. The Morgan fingerprint density at radius 3 is 2.36 bits per heavy atom. The summed E-state index contributed by atoms with van der Waals surface area (Å²) >= 11 is 1.11. The quantitative estimate of drug-likeness (QED) is 0.0541. The van der Waals surface area contributed by atoms with E-state index in [2.05, 4.69) is 74.2 Å². The molecule has 11 heteroatoms. The van der Waals surface area contributed by atoms with E-state index in [4.69, 9.17) is 24.2 Å². The van der Waals surface area contributed by atoms with E-state index in [9.17, 15) is 4.55 Å². The fourth-order valence-corrected chi connectivity index (χ4v) is 7.61. The topological polar surface area (TPSA) is 97.1 Å². The number of nitrogens with zero attached hydrogens (tertiary/aromatic N) is 4. The van der Waals surface area contributed by atoms with Gasteiger partial charge in [0, 0.05) is 16.9 Å². The van der Waals surface area contributed by atoms with Gasteiger partial charge < -0.3 is 13.7 Å². The van der Waals surface area contributed by atoms with Crippen molar-refractivity contribution in [1.29, 1.82) is 0 Å². The molecule has 44 heavy (non-hydrogen) atoms. The molecular weight excluding hydrogens is 701 g/mol. The van der Waals surface area contributed by atoms with Crippen LogP contribution in [-0.4, -0.2) is 44.5 Å². The molecule has 0 fully saturated rings. The van der Waals surface area contributed by atoms with E-state index in [0.29, 0.717) is 18.2 Å². The highest BCUT2D eigenvalue weighted by molar-refractivity contribution is 14.1. The van der Waals surface area contributed by atoms with Crippen LogP contribution in [0.5, 0.6) is 5.75 Å². The number of pyridine rings is 2. The Labute approximate surface area is 280 Å². The van der Waals surface area contributed by atoms with Gasteiger partial charge in [-0.2, -0.15) is 5.10 Å². The van der Waals surface area contributed by atoms with Gasteiger partial charge in [0.25, 0.3) is 0 Å². The molecule has 0 saturated heterocycles. The molecule has 0 aliphatic rings. The summed E-state index contributed by atoms with van der Waals surface area (Å²) in [5.74, 6) is 1.41. The first-order valence-corrected chi connectivity index (χ1v) is 20.2. The number of alkyl halides is 1. The Hall–Kier alpha value is -2.03. The van der Waals surface area contributed by atoms with Gasteiger partial charge in [-0.05, 0) is 104 Å². The molecule has 2 atom stereocenters. The van der Waals surface area contributed by atoms with E-state index < -0.39 is 28.0 Å². The van der Waals surface area contributed by atoms with Crippen molar-refractivity contribution in [2.45, 2.75) is 94.3 Å². The van der Waals surface area contributed by atoms with Crippen LogP contribution in [0.4, 0.5) is 0 Å². The Balaban J connectivity index is 1.74. The minimum atomic E-state index is -1.92. The molecule has 0 saturated carbocycles. The number of rotatable bonds is 11. The molecule has 8 nitrogen and oxygen atoms in total. The molecule has 1 N–H and O–H groups in total. The van der Waals surface area contributed by atoms with Crippen LogP contribution in [0.1, 0.15) is 72.7 Å². The fraction of sp³-hybridized carbons (Fsp3) is 0.485. The van der Waals surface area contributed by atoms with E-state index in [0.717, 1.165) is 46.4 Å². The lowest BCUT2D eigenvalue weighted by Gasteiger charge is -2.36. The van der Waals surface area contributed by atoms with Crippen LogP contribution in [0.3, 0.4) is 0 Å². The van der Waals surface area contributed by atoms with Gasteiger partial charge in [0.1, 0.15) is 10.5 Å². The van der Waals surface area contributed by atoms with Crippen LogP contribution in [0.25, 0.3) is 28.0 Å². The lowest BCUT2D eigenvalue weighted by atomic mass is 10.1. The number of nitrogens with one attached hydrogen (secondary N) is 1. The van der Waals surface area contributed by atoms with E-state index >= 15 is 0 Å². The number of hydrogen-bond acceptors (Lipinski definition) is 7. The summed E-state index contributed by atoms with van der Waals surface area (Å²) in [5, 5.41) is 5.71. The molecule has 3 aromatic heterocycles. The molecule has 4 aromatic rings. The van der Waals surface area contributed by atoms with E-state index in [1.165, 1.54) is 0 Å². The normalized spacial score (nSPS) is 14.9. The summed E-state index contributed by atoms with van der Waals surface area (Å²) in [5.41, 5.74) is 4.24. The molecule has 0 aliphatic carbocycles. The molecule has 238 valence electrons. The average molecular weight is 748 g/mol. The third-order valence-electron chi connectivity index (χ3n) is 8.12. The first-order chi connectivity index (χ1) is 20.5. The zero-order valence-electron chi connectivity index (χ0n) is 27.6. The molecule has 0 amide bonds. The number of hydrogen-bond donors (Lipinski definition) is 1. The first kappa shape index (κ1) is 34.8. The summed E-state index contributed by atoms with van der Waals surface area (Å²) in [4.78, 5) is 10.0. The van der Waals surface area contributed by atoms with Crippen LogP contribution in [0.2, 0.25) is 18.1 Å². The second-order valence-corrected chi connectivity index (χ2v) is 22.3. The average Bonchev–Trinajstić information content (AvgIpc) is 3.39. The molecule has 0 aliphatic heterocycles. The zero-order valence-corrected chi connectivity index (χ0v) is 31.6. The predicted molar refractivity (Wildman–Crippen MR) is 192 cm³/mol. The van der Waals surface area contributed by atoms with Crippen LogP contribution < -0.4 is 9.46 Å². The summed E-state index contributed by atoms with van der Waals surface area (Å²) < 4.78 is 29.6. The van der Waals surface area contributed by atoms with Gasteiger partial charge in [-0.25, -0.2) is 14.6 Å². The minimum absolute atomic E-state index is 0.119. The van der Waals surface area contributed by atoms with Gasteiger partial charge in [-0.3, -0.25) is 0 Å². The van der Waals surface area contributed by atoms with Gasteiger partial charge >= 0.3 is 0 Å². The summed E-state index contributed by atoms with van der Waals surface area (Å²) in [6.45, 7) is 19.7. The maximum absolute atomic E-state index is 13.1. The van der Waals surface area contributed by atoms with Crippen LogP contribution in [-0.2, 0) is 25.9 Å². The third-order valence-corrected chi connectivity index (χ3v) is 16.0. The first-order valence-electron chi connectivity index (χ1n) is 15.0. The Morgan fingerprint density at radius 2 is 1.73 bits per heavy atom.